The van der Waals surface area contributed by atoms with Gasteiger partial charge in [-0.15, -0.1) is 11.3 Å². The summed E-state index contributed by atoms with van der Waals surface area (Å²) in [5.74, 6) is -0.610. The van der Waals surface area contributed by atoms with Gasteiger partial charge in [0.15, 0.2) is 0 Å². The van der Waals surface area contributed by atoms with Crippen molar-refractivity contribution in [2.45, 2.75) is 25.9 Å². The fourth-order valence-corrected chi connectivity index (χ4v) is 3.32. The van der Waals surface area contributed by atoms with Crippen LogP contribution in [-0.2, 0) is 0 Å². The molecule has 0 saturated heterocycles. The van der Waals surface area contributed by atoms with E-state index in [1.54, 1.807) is 13.0 Å². The fraction of sp³-hybridized carbons (Fsp3) is 0.357. The van der Waals surface area contributed by atoms with Gasteiger partial charge < -0.3 is 10.4 Å². The molecule has 0 aliphatic carbocycles. The number of aliphatic hydroxyl groups is 1. The zero-order valence-electron chi connectivity index (χ0n) is 11.0. The molecule has 0 radical (unpaired) electrons. The summed E-state index contributed by atoms with van der Waals surface area (Å²) in [6, 6.07) is 4.27. The van der Waals surface area contributed by atoms with E-state index in [4.69, 9.17) is 16.7 Å². The first-order chi connectivity index (χ1) is 9.49. The highest BCUT2D eigenvalue weighted by Crippen LogP contribution is 2.35. The van der Waals surface area contributed by atoms with Crippen molar-refractivity contribution in [2.75, 3.05) is 6.54 Å². The largest absolute Gasteiger partial charge is 0.393 e. The Morgan fingerprint density at radius 2 is 2.30 bits per heavy atom. The Hall–Kier alpha value is -1.17. The van der Waals surface area contributed by atoms with Crippen LogP contribution >= 0.6 is 22.9 Å². The molecule has 3 nitrogen and oxygen atoms in total. The number of aliphatic hydroxyl groups excluding tert-OH is 1. The minimum Gasteiger partial charge on any atom is -0.393 e. The van der Waals surface area contributed by atoms with Crippen molar-refractivity contribution >= 4 is 38.9 Å². The summed E-state index contributed by atoms with van der Waals surface area (Å²) in [5, 5.41) is 12.9. The van der Waals surface area contributed by atoms with E-state index >= 15 is 0 Å². The van der Waals surface area contributed by atoms with E-state index in [2.05, 4.69) is 5.32 Å². The molecule has 6 heteroatoms. The number of benzene rings is 1. The third kappa shape index (κ3) is 3.48. The van der Waals surface area contributed by atoms with Gasteiger partial charge in [-0.25, -0.2) is 4.39 Å². The molecular weight excluding hydrogens is 301 g/mol. The molecule has 1 unspecified atom stereocenters. The molecule has 1 atom stereocenters. The SMILES string of the molecule is CC(O)CCCNC(=O)c1sc2cc(F)ccc2c1Cl. The lowest BCUT2D eigenvalue weighted by molar-refractivity contribution is 0.0954. The number of nitrogens with one attached hydrogen (secondary N) is 1. The Morgan fingerprint density at radius 3 is 3.00 bits per heavy atom. The van der Waals surface area contributed by atoms with Gasteiger partial charge in [0.2, 0.25) is 0 Å². The van der Waals surface area contributed by atoms with E-state index in [0.29, 0.717) is 39.4 Å². The first kappa shape index (κ1) is 15.2. The van der Waals surface area contributed by atoms with Crippen molar-refractivity contribution in [1.82, 2.24) is 5.32 Å². The second kappa shape index (κ2) is 6.52. The van der Waals surface area contributed by atoms with Crippen LogP contribution in [0, 0.1) is 5.82 Å². The highest BCUT2D eigenvalue weighted by Gasteiger charge is 2.17. The van der Waals surface area contributed by atoms with Crippen LogP contribution in [0.1, 0.15) is 29.4 Å². The molecule has 1 aromatic carbocycles. The van der Waals surface area contributed by atoms with Crippen molar-refractivity contribution in [1.29, 1.82) is 0 Å². The number of carbonyl (C=O) groups is 1. The zero-order valence-corrected chi connectivity index (χ0v) is 12.5. The van der Waals surface area contributed by atoms with Gasteiger partial charge in [0.1, 0.15) is 10.7 Å². The van der Waals surface area contributed by atoms with Crippen LogP contribution in [0.15, 0.2) is 18.2 Å². The molecule has 2 rings (SSSR count). The van der Waals surface area contributed by atoms with E-state index in [1.165, 1.54) is 23.5 Å². The standard InChI is InChI=1S/C14H15ClFNO2S/c1-8(18)3-2-6-17-14(19)13-12(15)10-5-4-9(16)7-11(10)20-13/h4-5,7-8,18H,2-3,6H2,1H3,(H,17,19). The van der Waals surface area contributed by atoms with E-state index in [1.807, 2.05) is 0 Å². The lowest BCUT2D eigenvalue weighted by Crippen LogP contribution is -2.24. The van der Waals surface area contributed by atoms with Gasteiger partial charge in [-0.2, -0.15) is 0 Å². The van der Waals surface area contributed by atoms with Gasteiger partial charge in [-0.1, -0.05) is 11.6 Å². The number of carbonyl (C=O) groups excluding carboxylic acids is 1. The number of fused-ring (bicyclic) bond motifs is 1. The molecule has 0 spiro atoms. The summed E-state index contributed by atoms with van der Waals surface area (Å²) in [7, 11) is 0. The van der Waals surface area contributed by atoms with Crippen molar-refractivity contribution in [3.05, 3.63) is 33.9 Å². The van der Waals surface area contributed by atoms with Crippen molar-refractivity contribution in [3.63, 3.8) is 0 Å². The van der Waals surface area contributed by atoms with Gasteiger partial charge in [0, 0.05) is 16.6 Å². The Morgan fingerprint density at radius 1 is 1.55 bits per heavy atom. The molecule has 1 amide bonds. The minimum atomic E-state index is -0.372. The first-order valence-electron chi connectivity index (χ1n) is 6.33. The number of halogens is 2. The molecule has 2 aromatic rings. The molecule has 0 bridgehead atoms. The molecule has 2 N–H and O–H groups in total. The molecule has 1 aromatic heterocycles. The van der Waals surface area contributed by atoms with E-state index in [9.17, 15) is 9.18 Å². The van der Waals surface area contributed by atoms with Crippen LogP contribution in [0.25, 0.3) is 10.1 Å². The van der Waals surface area contributed by atoms with Crippen LogP contribution in [-0.4, -0.2) is 23.7 Å². The summed E-state index contributed by atoms with van der Waals surface area (Å²) >= 11 is 7.33. The minimum absolute atomic E-state index is 0.262. The Kier molecular flexibility index (Phi) is 4.96. The molecule has 0 aliphatic rings. The maximum Gasteiger partial charge on any atom is 0.262 e. The van der Waals surface area contributed by atoms with E-state index in [-0.39, 0.29) is 17.8 Å². The predicted octanol–water partition coefficient (Wildman–Crippen LogP) is 3.58. The van der Waals surface area contributed by atoms with Gasteiger partial charge in [0.25, 0.3) is 5.91 Å². The Bertz CT molecular complexity index is 627. The normalized spacial score (nSPS) is 12.6. The molecule has 0 fully saturated rings. The molecule has 1 heterocycles. The summed E-state index contributed by atoms with van der Waals surface area (Å²) < 4.78 is 13.8. The average Bonchev–Trinajstić information content (AvgIpc) is 2.71. The maximum atomic E-state index is 13.1. The van der Waals surface area contributed by atoms with Crippen LogP contribution in [0.3, 0.4) is 0 Å². The molecule has 0 saturated carbocycles. The van der Waals surface area contributed by atoms with Gasteiger partial charge >= 0.3 is 0 Å². The Labute approximate surface area is 125 Å². The number of amides is 1. The Balaban J connectivity index is 2.08. The van der Waals surface area contributed by atoms with Crippen LogP contribution in [0.2, 0.25) is 5.02 Å². The summed E-state index contributed by atoms with van der Waals surface area (Å²) in [4.78, 5) is 12.4. The second-order valence-corrected chi connectivity index (χ2v) is 6.06. The zero-order chi connectivity index (χ0) is 14.7. The van der Waals surface area contributed by atoms with E-state index in [0.717, 1.165) is 0 Å². The average molecular weight is 316 g/mol. The third-order valence-electron chi connectivity index (χ3n) is 2.88. The topological polar surface area (TPSA) is 49.3 Å². The lowest BCUT2D eigenvalue weighted by Gasteiger charge is -2.05. The quantitative estimate of drug-likeness (QED) is 0.828. The smallest absolute Gasteiger partial charge is 0.262 e. The number of hydrogen-bond donors (Lipinski definition) is 2. The number of thiophene rings is 1. The molecular formula is C14H15ClFNO2S. The van der Waals surface area contributed by atoms with Crippen LogP contribution < -0.4 is 5.32 Å². The second-order valence-electron chi connectivity index (χ2n) is 4.63. The van der Waals surface area contributed by atoms with Gasteiger partial charge in [-0.3, -0.25) is 4.79 Å². The van der Waals surface area contributed by atoms with Gasteiger partial charge in [0.05, 0.1) is 11.1 Å². The molecule has 0 aliphatic heterocycles. The maximum absolute atomic E-state index is 13.1. The first-order valence-corrected chi connectivity index (χ1v) is 7.52. The summed E-state index contributed by atoms with van der Waals surface area (Å²) in [6.07, 6.45) is 0.953. The van der Waals surface area contributed by atoms with Crippen molar-refractivity contribution in [2.24, 2.45) is 0 Å². The van der Waals surface area contributed by atoms with Crippen molar-refractivity contribution in [3.8, 4) is 0 Å². The summed E-state index contributed by atoms with van der Waals surface area (Å²) in [5.41, 5.74) is 0. The molecule has 20 heavy (non-hydrogen) atoms. The van der Waals surface area contributed by atoms with Crippen LogP contribution in [0.4, 0.5) is 4.39 Å². The van der Waals surface area contributed by atoms with E-state index < -0.39 is 0 Å². The summed E-state index contributed by atoms with van der Waals surface area (Å²) in [6.45, 7) is 2.18. The van der Waals surface area contributed by atoms with Crippen LogP contribution in [0.5, 0.6) is 0 Å². The fourth-order valence-electron chi connectivity index (χ4n) is 1.86. The molecule has 108 valence electrons. The van der Waals surface area contributed by atoms with Gasteiger partial charge in [-0.05, 0) is 38.0 Å². The monoisotopic (exact) mass is 315 g/mol. The third-order valence-corrected chi connectivity index (χ3v) is 4.54. The van der Waals surface area contributed by atoms with Crippen molar-refractivity contribution < 1.29 is 14.3 Å². The highest BCUT2D eigenvalue weighted by atomic mass is 35.5. The predicted molar refractivity (Wildman–Crippen MR) is 80.0 cm³/mol. The number of hydrogen-bond acceptors (Lipinski definition) is 3. The lowest BCUT2D eigenvalue weighted by atomic mass is 10.2. The number of rotatable bonds is 5. The highest BCUT2D eigenvalue weighted by molar-refractivity contribution is 7.21.